The highest BCUT2D eigenvalue weighted by Crippen LogP contribution is 2.23. The molecule has 0 radical (unpaired) electrons. The Bertz CT molecular complexity index is 297. The molecule has 1 heterocycles. The number of ether oxygens (including phenoxy) is 1. The van der Waals surface area contributed by atoms with Gasteiger partial charge in [-0.25, -0.2) is 4.98 Å². The number of anilines is 1. The van der Waals surface area contributed by atoms with Crippen molar-refractivity contribution >= 4 is 16.7 Å². The minimum atomic E-state index is 0.619. The predicted octanol–water partition coefficient (Wildman–Crippen LogP) is 2.08. The third-order valence-corrected chi connectivity index (χ3v) is 3.36. The highest BCUT2D eigenvalue weighted by molar-refractivity contribution is 7.09. The van der Waals surface area contributed by atoms with Crippen molar-refractivity contribution in [2.24, 2.45) is 0 Å². The van der Waals surface area contributed by atoms with Gasteiger partial charge in [-0.1, -0.05) is 12.8 Å². The van der Waals surface area contributed by atoms with E-state index < -0.39 is 0 Å². The second-order valence-electron chi connectivity index (χ2n) is 3.88. The number of rotatable bonds is 5. The topological polar surface area (TPSA) is 47.0 Å². The molecule has 84 valence electrons. The lowest BCUT2D eigenvalue weighted by Crippen LogP contribution is -2.14. The van der Waals surface area contributed by atoms with Crippen LogP contribution in [0.5, 0.6) is 0 Å². The van der Waals surface area contributed by atoms with E-state index in [0.29, 0.717) is 12.6 Å². The zero-order valence-corrected chi connectivity index (χ0v) is 9.85. The van der Waals surface area contributed by atoms with Gasteiger partial charge in [0.05, 0.1) is 6.61 Å². The Kier molecular flexibility index (Phi) is 3.91. The molecule has 15 heavy (non-hydrogen) atoms. The number of hydrogen-bond donors (Lipinski definition) is 1. The Morgan fingerprint density at radius 2 is 2.27 bits per heavy atom. The normalized spacial score (nSPS) is 17.1. The predicted molar refractivity (Wildman–Crippen MR) is 61.4 cm³/mol. The molecule has 1 N–H and O–H groups in total. The van der Waals surface area contributed by atoms with Gasteiger partial charge >= 0.3 is 0 Å². The van der Waals surface area contributed by atoms with Crippen molar-refractivity contribution in [1.82, 2.24) is 9.36 Å². The molecule has 1 aromatic rings. The molecule has 0 bridgehead atoms. The van der Waals surface area contributed by atoms with Crippen LogP contribution in [-0.2, 0) is 11.2 Å². The Morgan fingerprint density at radius 3 is 3.00 bits per heavy atom. The summed E-state index contributed by atoms with van der Waals surface area (Å²) in [6.45, 7) is 0.694. The molecule has 0 atom stereocenters. The second-order valence-corrected chi connectivity index (χ2v) is 4.64. The molecule has 0 aliphatic heterocycles. The first-order valence-electron chi connectivity index (χ1n) is 5.46. The SMILES string of the molecule is COCCc1nsc(NC2CCCC2)n1. The Hall–Kier alpha value is -0.680. The molecule has 1 aliphatic rings. The quantitative estimate of drug-likeness (QED) is 0.836. The van der Waals surface area contributed by atoms with Gasteiger partial charge in [-0.3, -0.25) is 0 Å². The fraction of sp³-hybridized carbons (Fsp3) is 0.800. The highest BCUT2D eigenvalue weighted by atomic mass is 32.1. The molecular weight excluding hydrogens is 210 g/mol. The smallest absolute Gasteiger partial charge is 0.202 e. The van der Waals surface area contributed by atoms with Crippen LogP contribution >= 0.6 is 11.5 Å². The van der Waals surface area contributed by atoms with E-state index in [1.54, 1.807) is 7.11 Å². The Morgan fingerprint density at radius 1 is 1.47 bits per heavy atom. The van der Waals surface area contributed by atoms with Crippen LogP contribution in [-0.4, -0.2) is 29.1 Å². The van der Waals surface area contributed by atoms with E-state index in [2.05, 4.69) is 14.7 Å². The number of aromatic nitrogens is 2. The molecule has 1 aliphatic carbocycles. The molecule has 0 aromatic carbocycles. The third-order valence-electron chi connectivity index (χ3n) is 2.68. The summed E-state index contributed by atoms with van der Waals surface area (Å²) in [7, 11) is 1.70. The van der Waals surface area contributed by atoms with Crippen molar-refractivity contribution in [3.8, 4) is 0 Å². The van der Waals surface area contributed by atoms with Crippen LogP contribution in [0.25, 0.3) is 0 Å². The largest absolute Gasteiger partial charge is 0.384 e. The summed E-state index contributed by atoms with van der Waals surface area (Å²) in [5, 5.41) is 4.41. The van der Waals surface area contributed by atoms with Gasteiger partial charge < -0.3 is 10.1 Å². The van der Waals surface area contributed by atoms with E-state index in [0.717, 1.165) is 17.4 Å². The summed E-state index contributed by atoms with van der Waals surface area (Å²) < 4.78 is 9.28. The molecule has 0 spiro atoms. The minimum absolute atomic E-state index is 0.619. The summed E-state index contributed by atoms with van der Waals surface area (Å²) in [5.41, 5.74) is 0. The molecular formula is C10H17N3OS. The molecule has 2 rings (SSSR count). The first-order chi connectivity index (χ1) is 7.38. The molecule has 1 fully saturated rings. The maximum atomic E-state index is 4.99. The maximum Gasteiger partial charge on any atom is 0.202 e. The lowest BCUT2D eigenvalue weighted by Gasteiger charge is -2.08. The average Bonchev–Trinajstić information content (AvgIpc) is 2.87. The molecule has 1 aromatic heterocycles. The number of methoxy groups -OCH3 is 1. The van der Waals surface area contributed by atoms with Gasteiger partial charge in [0, 0.05) is 31.1 Å². The number of nitrogens with zero attached hydrogens (tertiary/aromatic N) is 2. The van der Waals surface area contributed by atoms with Crippen molar-refractivity contribution in [2.75, 3.05) is 19.0 Å². The lowest BCUT2D eigenvalue weighted by atomic mass is 10.3. The van der Waals surface area contributed by atoms with Crippen LogP contribution in [0.15, 0.2) is 0 Å². The molecule has 4 nitrogen and oxygen atoms in total. The molecule has 0 saturated heterocycles. The van der Waals surface area contributed by atoms with E-state index in [-0.39, 0.29) is 0 Å². The van der Waals surface area contributed by atoms with Crippen LogP contribution in [0.1, 0.15) is 31.5 Å². The zero-order valence-electron chi connectivity index (χ0n) is 9.03. The van der Waals surface area contributed by atoms with Gasteiger partial charge in [-0.2, -0.15) is 4.37 Å². The number of nitrogens with one attached hydrogen (secondary N) is 1. The summed E-state index contributed by atoms with van der Waals surface area (Å²) >= 11 is 1.46. The average molecular weight is 227 g/mol. The van der Waals surface area contributed by atoms with Crippen molar-refractivity contribution in [3.63, 3.8) is 0 Å². The van der Waals surface area contributed by atoms with Crippen molar-refractivity contribution in [3.05, 3.63) is 5.82 Å². The summed E-state index contributed by atoms with van der Waals surface area (Å²) in [4.78, 5) is 4.43. The van der Waals surface area contributed by atoms with Gasteiger partial charge in [0.15, 0.2) is 0 Å². The minimum Gasteiger partial charge on any atom is -0.384 e. The van der Waals surface area contributed by atoms with Crippen molar-refractivity contribution < 1.29 is 4.74 Å². The van der Waals surface area contributed by atoms with E-state index >= 15 is 0 Å². The van der Waals surface area contributed by atoms with Crippen LogP contribution in [0.3, 0.4) is 0 Å². The zero-order chi connectivity index (χ0) is 10.5. The monoisotopic (exact) mass is 227 g/mol. The Balaban J connectivity index is 1.83. The first kappa shape index (κ1) is 10.8. The third kappa shape index (κ3) is 3.14. The van der Waals surface area contributed by atoms with Crippen molar-refractivity contribution in [1.29, 1.82) is 0 Å². The fourth-order valence-electron chi connectivity index (χ4n) is 1.85. The summed E-state index contributed by atoms with van der Waals surface area (Å²) in [5.74, 6) is 0.891. The molecule has 1 saturated carbocycles. The summed E-state index contributed by atoms with van der Waals surface area (Å²) in [6.07, 6.45) is 6.03. The van der Waals surface area contributed by atoms with Crippen LogP contribution in [0, 0.1) is 0 Å². The van der Waals surface area contributed by atoms with Crippen LogP contribution in [0.2, 0.25) is 0 Å². The molecule has 0 amide bonds. The van der Waals surface area contributed by atoms with Gasteiger partial charge in [-0.05, 0) is 12.8 Å². The highest BCUT2D eigenvalue weighted by Gasteiger charge is 2.16. The van der Waals surface area contributed by atoms with E-state index in [1.165, 1.54) is 37.2 Å². The molecule has 0 unspecified atom stereocenters. The van der Waals surface area contributed by atoms with Gasteiger partial charge in [0.25, 0.3) is 0 Å². The fourth-order valence-corrected chi connectivity index (χ4v) is 2.54. The lowest BCUT2D eigenvalue weighted by molar-refractivity contribution is 0.201. The van der Waals surface area contributed by atoms with E-state index in [4.69, 9.17) is 4.74 Å². The maximum absolute atomic E-state index is 4.99. The van der Waals surface area contributed by atoms with Crippen molar-refractivity contribution in [2.45, 2.75) is 38.1 Å². The summed E-state index contributed by atoms with van der Waals surface area (Å²) in [6, 6.07) is 0.619. The van der Waals surface area contributed by atoms with Crippen LogP contribution in [0.4, 0.5) is 5.13 Å². The van der Waals surface area contributed by atoms with Gasteiger partial charge in [0.1, 0.15) is 5.82 Å². The van der Waals surface area contributed by atoms with Gasteiger partial charge in [0.2, 0.25) is 5.13 Å². The van der Waals surface area contributed by atoms with E-state index in [1.807, 2.05) is 0 Å². The van der Waals surface area contributed by atoms with Crippen LogP contribution < -0.4 is 5.32 Å². The Labute approximate surface area is 94.2 Å². The first-order valence-corrected chi connectivity index (χ1v) is 6.24. The van der Waals surface area contributed by atoms with Gasteiger partial charge in [-0.15, -0.1) is 0 Å². The second kappa shape index (κ2) is 5.42. The van der Waals surface area contributed by atoms with E-state index in [9.17, 15) is 0 Å². The number of hydrogen-bond acceptors (Lipinski definition) is 5. The standard InChI is InChI=1S/C10H17N3OS/c1-14-7-6-9-12-10(15-13-9)11-8-4-2-3-5-8/h8H,2-7H2,1H3,(H,11,12,13). The molecule has 5 heteroatoms.